The van der Waals surface area contributed by atoms with Gasteiger partial charge in [-0.1, -0.05) is 19.4 Å². The van der Waals surface area contributed by atoms with Crippen molar-refractivity contribution in [2.24, 2.45) is 0 Å². The topological polar surface area (TPSA) is 28.2 Å². The van der Waals surface area contributed by atoms with Crippen LogP contribution in [0.4, 0.5) is 5.82 Å². The molecule has 0 radical (unpaired) electrons. The van der Waals surface area contributed by atoms with Gasteiger partial charge in [0, 0.05) is 37.4 Å². The highest BCUT2D eigenvalue weighted by Crippen LogP contribution is 2.23. The molecule has 1 fully saturated rings. The van der Waals surface area contributed by atoms with E-state index in [4.69, 9.17) is 0 Å². The summed E-state index contributed by atoms with van der Waals surface area (Å²) in [6, 6.07) is 5.51. The molecule has 0 amide bonds. The van der Waals surface area contributed by atoms with Gasteiger partial charge in [0.05, 0.1) is 0 Å². The van der Waals surface area contributed by atoms with Gasteiger partial charge in [0.1, 0.15) is 5.82 Å². The van der Waals surface area contributed by atoms with Gasteiger partial charge in [-0.25, -0.2) is 4.98 Å². The van der Waals surface area contributed by atoms with Gasteiger partial charge in [-0.2, -0.15) is 0 Å². The molecular weight excluding hydrogens is 222 g/mol. The Morgan fingerprint density at radius 1 is 1.50 bits per heavy atom. The maximum absolute atomic E-state index is 4.57. The minimum Gasteiger partial charge on any atom is -0.357 e. The van der Waals surface area contributed by atoms with E-state index in [-0.39, 0.29) is 0 Å². The molecule has 3 heteroatoms. The lowest BCUT2D eigenvalue weighted by atomic mass is 10.1. The van der Waals surface area contributed by atoms with Crippen molar-refractivity contribution in [3.05, 3.63) is 23.9 Å². The summed E-state index contributed by atoms with van der Waals surface area (Å²) in [5.74, 6) is 1.13. The Hall–Kier alpha value is -1.09. The number of pyridine rings is 1. The van der Waals surface area contributed by atoms with E-state index in [1.807, 2.05) is 12.3 Å². The summed E-state index contributed by atoms with van der Waals surface area (Å²) in [4.78, 5) is 6.88. The summed E-state index contributed by atoms with van der Waals surface area (Å²) >= 11 is 0. The molecule has 1 aromatic heterocycles. The van der Waals surface area contributed by atoms with Gasteiger partial charge in [-0.15, -0.1) is 0 Å². The monoisotopic (exact) mass is 247 g/mol. The molecule has 1 unspecified atom stereocenters. The molecule has 1 aromatic rings. The van der Waals surface area contributed by atoms with Crippen LogP contribution < -0.4 is 10.2 Å². The fourth-order valence-electron chi connectivity index (χ4n) is 2.25. The minimum absolute atomic E-state index is 0.546. The van der Waals surface area contributed by atoms with E-state index in [0.29, 0.717) is 6.04 Å². The Morgan fingerprint density at radius 3 is 2.94 bits per heavy atom. The van der Waals surface area contributed by atoms with Crippen LogP contribution in [0.2, 0.25) is 0 Å². The van der Waals surface area contributed by atoms with Crippen LogP contribution in [0, 0.1) is 0 Å². The van der Waals surface area contributed by atoms with Gasteiger partial charge in [0.2, 0.25) is 0 Å². The summed E-state index contributed by atoms with van der Waals surface area (Å²) in [5, 5.41) is 3.57. The summed E-state index contributed by atoms with van der Waals surface area (Å²) in [5.41, 5.74) is 1.31. The Balaban J connectivity index is 2.04. The zero-order chi connectivity index (χ0) is 13.0. The molecule has 1 N–H and O–H groups in total. The summed E-state index contributed by atoms with van der Waals surface area (Å²) in [6.45, 7) is 5.45. The van der Waals surface area contributed by atoms with Crippen molar-refractivity contribution in [2.75, 3.05) is 11.9 Å². The van der Waals surface area contributed by atoms with E-state index < -0.39 is 0 Å². The van der Waals surface area contributed by atoms with Gasteiger partial charge in [-0.3, -0.25) is 0 Å². The first-order valence-electron chi connectivity index (χ1n) is 7.12. The highest BCUT2D eigenvalue weighted by molar-refractivity contribution is 5.46. The quantitative estimate of drug-likeness (QED) is 0.803. The summed E-state index contributed by atoms with van der Waals surface area (Å²) < 4.78 is 0. The largest absolute Gasteiger partial charge is 0.357 e. The molecule has 2 rings (SSSR count). The molecular formula is C15H25N3. The van der Waals surface area contributed by atoms with Crippen molar-refractivity contribution in [1.82, 2.24) is 10.3 Å². The SMILES string of the molecule is CCCC(C)N(C)c1ncccc1CNC1CC1. The average molecular weight is 247 g/mol. The summed E-state index contributed by atoms with van der Waals surface area (Å²) in [6.07, 6.45) is 6.98. The van der Waals surface area contributed by atoms with Gasteiger partial charge >= 0.3 is 0 Å². The van der Waals surface area contributed by atoms with Gasteiger partial charge in [0.15, 0.2) is 0 Å². The molecule has 100 valence electrons. The predicted octanol–water partition coefficient (Wildman–Crippen LogP) is 2.96. The van der Waals surface area contributed by atoms with Gasteiger partial charge in [0.25, 0.3) is 0 Å². The van der Waals surface area contributed by atoms with E-state index in [0.717, 1.165) is 18.4 Å². The van der Waals surface area contributed by atoms with Crippen molar-refractivity contribution < 1.29 is 0 Å². The van der Waals surface area contributed by atoms with Crippen LogP contribution in [0.1, 0.15) is 45.1 Å². The molecule has 0 aliphatic heterocycles. The van der Waals surface area contributed by atoms with Gasteiger partial charge in [-0.05, 0) is 32.3 Å². The van der Waals surface area contributed by atoms with E-state index in [9.17, 15) is 0 Å². The first-order valence-corrected chi connectivity index (χ1v) is 7.12. The number of hydrogen-bond acceptors (Lipinski definition) is 3. The molecule has 18 heavy (non-hydrogen) atoms. The third kappa shape index (κ3) is 3.45. The molecule has 0 bridgehead atoms. The second-order valence-corrected chi connectivity index (χ2v) is 5.39. The normalized spacial score (nSPS) is 16.6. The van der Waals surface area contributed by atoms with Crippen molar-refractivity contribution in [3.63, 3.8) is 0 Å². The first kappa shape index (κ1) is 13.3. The lowest BCUT2D eigenvalue weighted by molar-refractivity contribution is 0.605. The standard InChI is InChI=1S/C15H25N3/c1-4-6-12(2)18(3)15-13(7-5-10-16-15)11-17-14-8-9-14/h5,7,10,12,14,17H,4,6,8-9,11H2,1-3H3. The fourth-order valence-corrected chi connectivity index (χ4v) is 2.25. The predicted molar refractivity (Wildman–Crippen MR) is 76.9 cm³/mol. The van der Waals surface area contributed by atoms with Gasteiger partial charge < -0.3 is 10.2 Å². The molecule has 1 atom stereocenters. The molecule has 0 aromatic carbocycles. The molecule has 3 nitrogen and oxygen atoms in total. The molecule has 0 spiro atoms. The number of nitrogens with one attached hydrogen (secondary N) is 1. The molecule has 1 aliphatic carbocycles. The number of anilines is 1. The van der Waals surface area contributed by atoms with Crippen LogP contribution in [0.25, 0.3) is 0 Å². The Bertz CT molecular complexity index is 374. The molecule has 1 aliphatic rings. The fraction of sp³-hybridized carbons (Fsp3) is 0.667. The minimum atomic E-state index is 0.546. The second kappa shape index (κ2) is 6.19. The smallest absolute Gasteiger partial charge is 0.132 e. The van der Waals surface area contributed by atoms with E-state index in [1.165, 1.54) is 31.2 Å². The van der Waals surface area contributed by atoms with Crippen molar-refractivity contribution >= 4 is 5.82 Å². The molecule has 1 saturated carbocycles. The second-order valence-electron chi connectivity index (χ2n) is 5.39. The Morgan fingerprint density at radius 2 is 2.28 bits per heavy atom. The van der Waals surface area contributed by atoms with Crippen LogP contribution >= 0.6 is 0 Å². The molecule has 0 saturated heterocycles. The van der Waals surface area contributed by atoms with Crippen LogP contribution in [-0.2, 0) is 6.54 Å². The van der Waals surface area contributed by atoms with Crippen molar-refractivity contribution in [1.29, 1.82) is 0 Å². The number of hydrogen-bond donors (Lipinski definition) is 1. The number of rotatable bonds is 7. The Kier molecular flexibility index (Phi) is 4.59. The zero-order valence-electron chi connectivity index (χ0n) is 11.8. The summed E-state index contributed by atoms with van der Waals surface area (Å²) in [7, 11) is 2.16. The maximum Gasteiger partial charge on any atom is 0.132 e. The van der Waals surface area contributed by atoms with E-state index in [2.05, 4.69) is 42.2 Å². The first-order chi connectivity index (χ1) is 8.72. The van der Waals surface area contributed by atoms with Crippen LogP contribution in [-0.4, -0.2) is 24.1 Å². The van der Waals surface area contributed by atoms with Crippen LogP contribution in [0.3, 0.4) is 0 Å². The van der Waals surface area contributed by atoms with E-state index in [1.54, 1.807) is 0 Å². The number of aromatic nitrogens is 1. The van der Waals surface area contributed by atoms with Crippen LogP contribution in [0.15, 0.2) is 18.3 Å². The molecule has 1 heterocycles. The third-order valence-corrected chi connectivity index (χ3v) is 3.73. The van der Waals surface area contributed by atoms with Crippen molar-refractivity contribution in [3.8, 4) is 0 Å². The van der Waals surface area contributed by atoms with Crippen LogP contribution in [0.5, 0.6) is 0 Å². The zero-order valence-corrected chi connectivity index (χ0v) is 11.8. The third-order valence-electron chi connectivity index (χ3n) is 3.73. The average Bonchev–Trinajstić information content (AvgIpc) is 3.20. The lowest BCUT2D eigenvalue weighted by Crippen LogP contribution is -2.31. The highest BCUT2D eigenvalue weighted by Gasteiger charge is 2.21. The van der Waals surface area contributed by atoms with Crippen molar-refractivity contribution in [2.45, 2.75) is 58.2 Å². The highest BCUT2D eigenvalue weighted by atomic mass is 15.2. The number of nitrogens with zero attached hydrogens (tertiary/aromatic N) is 2. The maximum atomic E-state index is 4.57. The van der Waals surface area contributed by atoms with E-state index >= 15 is 0 Å². The lowest BCUT2D eigenvalue weighted by Gasteiger charge is -2.27. The Labute approximate surface area is 111 Å².